The highest BCUT2D eigenvalue weighted by Gasteiger charge is 2.09. The molecule has 2 rings (SSSR count). The van der Waals surface area contributed by atoms with E-state index in [1.165, 1.54) is 0 Å². The molecule has 0 atom stereocenters. The van der Waals surface area contributed by atoms with Crippen molar-refractivity contribution in [2.24, 2.45) is 0 Å². The van der Waals surface area contributed by atoms with Crippen molar-refractivity contribution < 1.29 is 0 Å². The Bertz CT molecular complexity index is 548. The van der Waals surface area contributed by atoms with Crippen LogP contribution in [0.5, 0.6) is 0 Å². The van der Waals surface area contributed by atoms with Crippen LogP contribution in [0.15, 0.2) is 45.0 Å². The normalized spacial score (nSPS) is 10.5. The van der Waals surface area contributed by atoms with E-state index in [2.05, 4.69) is 38.1 Å². The number of halogens is 2. The third-order valence-corrected chi connectivity index (χ3v) is 4.60. The lowest BCUT2D eigenvalue weighted by atomic mass is 10.4. The Morgan fingerprint density at radius 2 is 2.00 bits per heavy atom. The zero-order valence-corrected chi connectivity index (χ0v) is 13.5. The maximum Gasteiger partial charge on any atom is 0.144 e. The molecular weight excluding hydrogens is 346 g/mol. The molecule has 6 heteroatoms. The topological polar surface area (TPSA) is 37.8 Å². The highest BCUT2D eigenvalue weighted by atomic mass is 79.9. The molecule has 3 nitrogen and oxygen atoms in total. The predicted molar refractivity (Wildman–Crippen MR) is 84.1 cm³/mol. The van der Waals surface area contributed by atoms with Gasteiger partial charge in [-0.05, 0) is 46.6 Å². The molecule has 0 unspecified atom stereocenters. The Morgan fingerprint density at radius 3 is 2.68 bits per heavy atom. The summed E-state index contributed by atoms with van der Waals surface area (Å²) in [5.41, 5.74) is 0. The van der Waals surface area contributed by atoms with Crippen LogP contribution in [0.3, 0.4) is 0 Å². The number of anilines is 1. The lowest BCUT2D eigenvalue weighted by Gasteiger charge is -2.09. The molecule has 1 N–H and O–H groups in total. The fourth-order valence-corrected chi connectivity index (χ4v) is 2.90. The van der Waals surface area contributed by atoms with Crippen molar-refractivity contribution in [1.82, 2.24) is 9.97 Å². The van der Waals surface area contributed by atoms with Gasteiger partial charge in [0.1, 0.15) is 17.2 Å². The van der Waals surface area contributed by atoms with E-state index in [0.717, 1.165) is 38.2 Å². The maximum absolute atomic E-state index is 5.87. The first-order valence-electron chi connectivity index (χ1n) is 5.88. The highest BCUT2D eigenvalue weighted by Crippen LogP contribution is 2.35. The summed E-state index contributed by atoms with van der Waals surface area (Å²) in [5, 5.41) is 4.88. The van der Waals surface area contributed by atoms with E-state index in [9.17, 15) is 0 Å². The van der Waals surface area contributed by atoms with Crippen molar-refractivity contribution >= 4 is 45.1 Å². The first-order valence-corrected chi connectivity index (χ1v) is 7.87. The van der Waals surface area contributed by atoms with E-state index < -0.39 is 0 Å². The van der Waals surface area contributed by atoms with E-state index in [-0.39, 0.29) is 0 Å². The largest absolute Gasteiger partial charge is 0.369 e. The van der Waals surface area contributed by atoms with Gasteiger partial charge in [-0.2, -0.15) is 0 Å². The number of nitrogens with zero attached hydrogens (tertiary/aromatic N) is 2. The van der Waals surface area contributed by atoms with Gasteiger partial charge in [-0.3, -0.25) is 0 Å². The molecule has 0 aliphatic carbocycles. The third kappa shape index (κ3) is 4.09. The number of rotatable bonds is 5. The summed E-state index contributed by atoms with van der Waals surface area (Å²) < 4.78 is 0.892. The molecule has 0 spiro atoms. The third-order valence-electron chi connectivity index (χ3n) is 2.33. The molecule has 1 aromatic heterocycles. The molecule has 1 heterocycles. The summed E-state index contributed by atoms with van der Waals surface area (Å²) in [6.45, 7) is 3.01. The fourth-order valence-electron chi connectivity index (χ4n) is 1.41. The number of aromatic nitrogens is 2. The molecule has 0 radical (unpaired) electrons. The van der Waals surface area contributed by atoms with Gasteiger partial charge in [-0.25, -0.2) is 9.97 Å². The Hall–Kier alpha value is -0.780. The monoisotopic (exact) mass is 357 g/mol. The molecule has 19 heavy (non-hydrogen) atoms. The van der Waals surface area contributed by atoms with E-state index in [1.54, 1.807) is 18.1 Å². The van der Waals surface area contributed by atoms with Gasteiger partial charge < -0.3 is 5.32 Å². The number of hydrogen-bond donors (Lipinski definition) is 1. The van der Waals surface area contributed by atoms with Gasteiger partial charge >= 0.3 is 0 Å². The second-order valence-corrected chi connectivity index (χ2v) is 6.12. The predicted octanol–water partition coefficient (Wildman–Crippen LogP) is 4.87. The average molecular weight is 359 g/mol. The maximum atomic E-state index is 5.87. The lowest BCUT2D eigenvalue weighted by molar-refractivity contribution is 0.946. The first-order chi connectivity index (χ1) is 9.20. The highest BCUT2D eigenvalue weighted by molar-refractivity contribution is 9.10. The summed E-state index contributed by atoms with van der Waals surface area (Å²) in [5.74, 6) is 0.827. The summed E-state index contributed by atoms with van der Waals surface area (Å²) in [4.78, 5) is 9.61. The zero-order chi connectivity index (χ0) is 13.7. The lowest BCUT2D eigenvalue weighted by Crippen LogP contribution is -2.03. The SMILES string of the molecule is CCCNc1ncnc(Sc2ccc(Cl)cc2)c1Br. The first kappa shape index (κ1) is 14.6. The van der Waals surface area contributed by atoms with Gasteiger partial charge in [0, 0.05) is 16.5 Å². The molecular formula is C13H13BrClN3S. The number of hydrogen-bond acceptors (Lipinski definition) is 4. The van der Waals surface area contributed by atoms with E-state index in [4.69, 9.17) is 11.6 Å². The van der Waals surface area contributed by atoms with Crippen molar-refractivity contribution in [2.45, 2.75) is 23.3 Å². The molecule has 0 saturated carbocycles. The van der Waals surface area contributed by atoms with Gasteiger partial charge in [-0.1, -0.05) is 30.3 Å². The quantitative estimate of drug-likeness (QED) is 0.774. The molecule has 0 aliphatic rings. The molecule has 0 bridgehead atoms. The summed E-state index contributed by atoms with van der Waals surface area (Å²) in [6, 6.07) is 7.69. The zero-order valence-electron chi connectivity index (χ0n) is 10.4. The summed E-state index contributed by atoms with van der Waals surface area (Å²) >= 11 is 11.0. The van der Waals surface area contributed by atoms with Crippen LogP contribution in [-0.4, -0.2) is 16.5 Å². The van der Waals surface area contributed by atoms with Crippen molar-refractivity contribution in [3.8, 4) is 0 Å². The Labute approximate surface area is 130 Å². The van der Waals surface area contributed by atoms with Crippen LogP contribution in [0.2, 0.25) is 5.02 Å². The smallest absolute Gasteiger partial charge is 0.144 e. The summed E-state index contributed by atoms with van der Waals surface area (Å²) in [6.07, 6.45) is 2.62. The van der Waals surface area contributed by atoms with Crippen LogP contribution in [0.1, 0.15) is 13.3 Å². The molecule has 100 valence electrons. The van der Waals surface area contributed by atoms with Crippen molar-refractivity contribution in [3.05, 3.63) is 40.1 Å². The van der Waals surface area contributed by atoms with Crippen LogP contribution >= 0.6 is 39.3 Å². The molecule has 0 aliphatic heterocycles. The van der Waals surface area contributed by atoms with Crippen LogP contribution < -0.4 is 5.32 Å². The Morgan fingerprint density at radius 1 is 1.26 bits per heavy atom. The van der Waals surface area contributed by atoms with E-state index >= 15 is 0 Å². The molecule has 2 aromatic rings. The van der Waals surface area contributed by atoms with Gasteiger partial charge in [0.15, 0.2) is 0 Å². The second kappa shape index (κ2) is 7.12. The second-order valence-electron chi connectivity index (χ2n) is 3.82. The van der Waals surface area contributed by atoms with Gasteiger partial charge in [0.05, 0.1) is 4.47 Å². The number of benzene rings is 1. The Kier molecular flexibility index (Phi) is 5.48. The van der Waals surface area contributed by atoms with Gasteiger partial charge in [-0.15, -0.1) is 0 Å². The molecule has 0 amide bonds. The average Bonchev–Trinajstić information content (AvgIpc) is 2.42. The minimum atomic E-state index is 0.733. The van der Waals surface area contributed by atoms with Crippen molar-refractivity contribution in [1.29, 1.82) is 0 Å². The number of nitrogens with one attached hydrogen (secondary N) is 1. The van der Waals surface area contributed by atoms with E-state index in [0.29, 0.717) is 0 Å². The van der Waals surface area contributed by atoms with Crippen LogP contribution in [-0.2, 0) is 0 Å². The van der Waals surface area contributed by atoms with Crippen LogP contribution in [0, 0.1) is 0 Å². The molecule has 0 saturated heterocycles. The summed E-state index contributed by atoms with van der Waals surface area (Å²) in [7, 11) is 0. The van der Waals surface area contributed by atoms with Gasteiger partial charge in [0.25, 0.3) is 0 Å². The van der Waals surface area contributed by atoms with Crippen LogP contribution in [0.25, 0.3) is 0 Å². The van der Waals surface area contributed by atoms with Crippen molar-refractivity contribution in [2.75, 3.05) is 11.9 Å². The van der Waals surface area contributed by atoms with Crippen LogP contribution in [0.4, 0.5) is 5.82 Å². The molecule has 1 aromatic carbocycles. The van der Waals surface area contributed by atoms with Crippen molar-refractivity contribution in [3.63, 3.8) is 0 Å². The standard InChI is InChI=1S/C13H13BrClN3S/c1-2-7-16-12-11(14)13(18-8-17-12)19-10-5-3-9(15)4-6-10/h3-6,8H,2,7H2,1H3,(H,16,17,18). The molecule has 0 fully saturated rings. The van der Waals surface area contributed by atoms with Gasteiger partial charge in [0.2, 0.25) is 0 Å². The minimum absolute atomic E-state index is 0.733. The van der Waals surface area contributed by atoms with E-state index in [1.807, 2.05) is 24.3 Å². The Balaban J connectivity index is 2.18. The fraction of sp³-hybridized carbons (Fsp3) is 0.231. The minimum Gasteiger partial charge on any atom is -0.369 e.